The van der Waals surface area contributed by atoms with Crippen LogP contribution >= 0.6 is 23.4 Å². The number of aromatic nitrogens is 4. The van der Waals surface area contributed by atoms with Crippen molar-refractivity contribution >= 4 is 57.0 Å². The maximum Gasteiger partial charge on any atom is 0.237 e. The fraction of sp³-hybridized carbons (Fsp3) is 0.158. The minimum absolute atomic E-state index is 0.188. The first-order chi connectivity index (χ1) is 13.5. The molecule has 4 rings (SSSR count). The molecule has 2 heterocycles. The maximum atomic E-state index is 12.5. The summed E-state index contributed by atoms with van der Waals surface area (Å²) in [6.07, 6.45) is 0. The SMILES string of the molecule is COc1ccc(NC(=O)C(C)Sc2nnc3c(n2)[nH]c2ccccc23)cc1Cl. The van der Waals surface area contributed by atoms with Gasteiger partial charge in [0.1, 0.15) is 11.3 Å². The Kier molecular flexibility index (Phi) is 5.06. The third-order valence-electron chi connectivity index (χ3n) is 4.17. The summed E-state index contributed by atoms with van der Waals surface area (Å²) in [5, 5.41) is 12.7. The van der Waals surface area contributed by atoms with E-state index in [9.17, 15) is 4.79 Å². The second kappa shape index (κ2) is 7.65. The van der Waals surface area contributed by atoms with E-state index in [-0.39, 0.29) is 5.91 Å². The van der Waals surface area contributed by atoms with Crippen LogP contribution in [0.5, 0.6) is 5.75 Å². The first-order valence-corrected chi connectivity index (χ1v) is 9.73. The van der Waals surface area contributed by atoms with E-state index < -0.39 is 5.25 Å². The zero-order chi connectivity index (χ0) is 19.7. The summed E-state index contributed by atoms with van der Waals surface area (Å²) in [6, 6.07) is 12.9. The molecule has 4 aromatic rings. The largest absolute Gasteiger partial charge is 0.495 e. The second-order valence-corrected chi connectivity index (χ2v) is 7.78. The summed E-state index contributed by atoms with van der Waals surface area (Å²) >= 11 is 7.33. The van der Waals surface area contributed by atoms with Gasteiger partial charge in [0.15, 0.2) is 5.65 Å². The minimum atomic E-state index is -0.426. The fourth-order valence-electron chi connectivity index (χ4n) is 2.76. The number of fused-ring (bicyclic) bond motifs is 3. The lowest BCUT2D eigenvalue weighted by Crippen LogP contribution is -2.22. The zero-order valence-corrected chi connectivity index (χ0v) is 16.6. The number of H-pyrrole nitrogens is 1. The number of hydrogen-bond donors (Lipinski definition) is 2. The van der Waals surface area contributed by atoms with Crippen LogP contribution in [-0.4, -0.2) is 38.4 Å². The molecular weight excluding hydrogens is 398 g/mol. The number of anilines is 1. The van der Waals surface area contributed by atoms with Crippen molar-refractivity contribution in [2.45, 2.75) is 17.3 Å². The number of nitrogens with one attached hydrogen (secondary N) is 2. The van der Waals surface area contributed by atoms with Crippen LogP contribution in [-0.2, 0) is 4.79 Å². The summed E-state index contributed by atoms with van der Waals surface area (Å²) < 4.78 is 5.11. The van der Waals surface area contributed by atoms with E-state index in [1.165, 1.54) is 18.9 Å². The molecule has 0 saturated carbocycles. The Balaban J connectivity index is 1.49. The normalized spacial score (nSPS) is 12.2. The van der Waals surface area contributed by atoms with E-state index in [2.05, 4.69) is 25.5 Å². The number of benzene rings is 2. The highest BCUT2D eigenvalue weighted by molar-refractivity contribution is 8.00. The molecule has 9 heteroatoms. The molecule has 2 N–H and O–H groups in total. The number of carbonyl (C=O) groups excluding carboxylic acids is 1. The van der Waals surface area contributed by atoms with E-state index >= 15 is 0 Å². The Labute approximate surface area is 169 Å². The van der Waals surface area contributed by atoms with E-state index in [4.69, 9.17) is 16.3 Å². The molecule has 0 bridgehead atoms. The molecule has 7 nitrogen and oxygen atoms in total. The summed E-state index contributed by atoms with van der Waals surface area (Å²) in [5.41, 5.74) is 2.90. The summed E-state index contributed by atoms with van der Waals surface area (Å²) in [6.45, 7) is 1.78. The molecule has 0 fully saturated rings. The smallest absolute Gasteiger partial charge is 0.237 e. The van der Waals surface area contributed by atoms with Crippen LogP contribution in [0.3, 0.4) is 0 Å². The number of carbonyl (C=O) groups is 1. The van der Waals surface area contributed by atoms with Crippen molar-refractivity contribution in [2.24, 2.45) is 0 Å². The van der Waals surface area contributed by atoms with Gasteiger partial charge in [-0.2, -0.15) is 0 Å². The molecule has 1 atom stereocenters. The Morgan fingerprint density at radius 1 is 1.25 bits per heavy atom. The van der Waals surface area contributed by atoms with Gasteiger partial charge in [-0.05, 0) is 31.2 Å². The molecule has 0 aliphatic heterocycles. The number of amides is 1. The highest BCUT2D eigenvalue weighted by atomic mass is 35.5. The number of hydrogen-bond acceptors (Lipinski definition) is 6. The van der Waals surface area contributed by atoms with E-state index in [0.717, 1.165) is 10.9 Å². The van der Waals surface area contributed by atoms with E-state index in [1.54, 1.807) is 25.1 Å². The first kappa shape index (κ1) is 18.5. The highest BCUT2D eigenvalue weighted by Gasteiger charge is 2.18. The second-order valence-electron chi connectivity index (χ2n) is 6.06. The minimum Gasteiger partial charge on any atom is -0.495 e. The van der Waals surface area contributed by atoms with Crippen LogP contribution in [0.1, 0.15) is 6.92 Å². The summed E-state index contributed by atoms with van der Waals surface area (Å²) in [4.78, 5) is 20.2. The van der Waals surface area contributed by atoms with Crippen molar-refractivity contribution in [1.82, 2.24) is 20.2 Å². The van der Waals surface area contributed by atoms with Crippen molar-refractivity contribution in [3.05, 3.63) is 47.5 Å². The fourth-order valence-corrected chi connectivity index (χ4v) is 3.73. The van der Waals surface area contributed by atoms with E-state index in [0.29, 0.717) is 32.8 Å². The summed E-state index contributed by atoms with van der Waals surface area (Å²) in [5.74, 6) is 0.361. The van der Waals surface area contributed by atoms with Crippen molar-refractivity contribution in [2.75, 3.05) is 12.4 Å². The van der Waals surface area contributed by atoms with Crippen LogP contribution in [0, 0.1) is 0 Å². The molecule has 0 saturated heterocycles. The van der Waals surface area contributed by atoms with Gasteiger partial charge in [-0.1, -0.05) is 41.6 Å². The number of nitrogens with zero attached hydrogens (tertiary/aromatic N) is 3. The molecule has 0 radical (unpaired) electrons. The number of ether oxygens (including phenoxy) is 1. The Morgan fingerprint density at radius 3 is 2.86 bits per heavy atom. The number of aromatic amines is 1. The number of halogens is 1. The number of rotatable bonds is 5. The quantitative estimate of drug-likeness (QED) is 0.474. The zero-order valence-electron chi connectivity index (χ0n) is 15.1. The Bertz CT molecular complexity index is 1180. The third-order valence-corrected chi connectivity index (χ3v) is 5.42. The van der Waals surface area contributed by atoms with Crippen LogP contribution in [0.25, 0.3) is 22.1 Å². The van der Waals surface area contributed by atoms with Gasteiger partial charge in [0.05, 0.1) is 17.4 Å². The van der Waals surface area contributed by atoms with Crippen LogP contribution in [0.15, 0.2) is 47.6 Å². The lowest BCUT2D eigenvalue weighted by atomic mass is 10.2. The van der Waals surface area contributed by atoms with Gasteiger partial charge in [-0.3, -0.25) is 4.79 Å². The van der Waals surface area contributed by atoms with Gasteiger partial charge in [0.2, 0.25) is 11.1 Å². The predicted molar refractivity (Wildman–Crippen MR) is 111 cm³/mol. The van der Waals surface area contributed by atoms with Crippen molar-refractivity contribution in [3.63, 3.8) is 0 Å². The van der Waals surface area contributed by atoms with Gasteiger partial charge in [-0.15, -0.1) is 10.2 Å². The third kappa shape index (κ3) is 3.61. The molecule has 0 aliphatic carbocycles. The lowest BCUT2D eigenvalue weighted by molar-refractivity contribution is -0.115. The van der Waals surface area contributed by atoms with Gasteiger partial charge in [0.25, 0.3) is 0 Å². The molecule has 1 amide bonds. The molecule has 0 aliphatic rings. The topological polar surface area (TPSA) is 92.8 Å². The van der Waals surface area contributed by atoms with Crippen molar-refractivity contribution in [3.8, 4) is 5.75 Å². The predicted octanol–water partition coefficient (Wildman–Crippen LogP) is 4.29. The molecular formula is C19H16ClN5O2S. The Hall–Kier alpha value is -2.84. The van der Waals surface area contributed by atoms with Gasteiger partial charge >= 0.3 is 0 Å². The van der Waals surface area contributed by atoms with Crippen molar-refractivity contribution < 1.29 is 9.53 Å². The molecule has 142 valence electrons. The molecule has 28 heavy (non-hydrogen) atoms. The van der Waals surface area contributed by atoms with Crippen LogP contribution in [0.4, 0.5) is 5.69 Å². The first-order valence-electron chi connectivity index (χ1n) is 8.47. The molecule has 2 aromatic carbocycles. The van der Waals surface area contributed by atoms with Crippen LogP contribution < -0.4 is 10.1 Å². The molecule has 1 unspecified atom stereocenters. The van der Waals surface area contributed by atoms with Crippen molar-refractivity contribution in [1.29, 1.82) is 0 Å². The highest BCUT2D eigenvalue weighted by Crippen LogP contribution is 2.28. The maximum absolute atomic E-state index is 12.5. The monoisotopic (exact) mass is 413 g/mol. The van der Waals surface area contributed by atoms with Gasteiger partial charge in [-0.25, -0.2) is 4.98 Å². The van der Waals surface area contributed by atoms with Gasteiger partial charge < -0.3 is 15.0 Å². The average molecular weight is 414 g/mol. The molecule has 2 aromatic heterocycles. The number of methoxy groups -OCH3 is 1. The van der Waals surface area contributed by atoms with Gasteiger partial charge in [0, 0.05) is 16.6 Å². The Morgan fingerprint density at radius 2 is 2.07 bits per heavy atom. The van der Waals surface area contributed by atoms with E-state index in [1.807, 2.05) is 24.3 Å². The number of para-hydroxylation sites is 1. The van der Waals surface area contributed by atoms with Crippen LogP contribution in [0.2, 0.25) is 5.02 Å². The lowest BCUT2D eigenvalue weighted by Gasteiger charge is -2.12. The summed E-state index contributed by atoms with van der Waals surface area (Å²) in [7, 11) is 1.54. The number of thioether (sulfide) groups is 1. The average Bonchev–Trinajstić information content (AvgIpc) is 3.05. The standard InChI is InChI=1S/C19H16ClN5O2S/c1-10(18(26)21-11-7-8-15(27-2)13(20)9-11)28-19-23-17-16(24-25-19)12-5-3-4-6-14(12)22-17/h3-10H,1-2H3,(H,21,26)(H,22,23,25). The molecule has 0 spiro atoms.